The van der Waals surface area contributed by atoms with Crippen LogP contribution in [0.3, 0.4) is 0 Å². The number of benzene rings is 3. The fourth-order valence-corrected chi connectivity index (χ4v) is 3.30. The number of esters is 2. The fraction of sp³-hybridized carbons (Fsp3) is 0.217. The minimum Gasteiger partial charge on any atom is -0.507 e. The number of hydrogen-bond acceptors (Lipinski definition) is 8. The molecule has 3 rings (SSSR count). The van der Waals surface area contributed by atoms with Gasteiger partial charge in [-0.2, -0.15) is 0 Å². The average Bonchev–Trinajstić information content (AvgIpc) is 2.81. The first-order chi connectivity index (χ1) is 15.0. The van der Waals surface area contributed by atoms with Crippen LogP contribution in [0, 0.1) is 0 Å². The molecule has 0 unspecified atom stereocenters. The van der Waals surface area contributed by atoms with Gasteiger partial charge in [-0.1, -0.05) is 30.3 Å². The highest BCUT2D eigenvalue weighted by Gasteiger charge is 2.29. The zero-order valence-electron chi connectivity index (χ0n) is 17.6. The predicted octanol–water partition coefficient (Wildman–Crippen LogP) is 3.71. The van der Waals surface area contributed by atoms with Gasteiger partial charge in [0.2, 0.25) is 5.75 Å². The molecule has 0 radical (unpaired) electrons. The number of aromatic hydroxyl groups is 1. The Bertz CT molecular complexity index is 1120. The highest BCUT2D eigenvalue weighted by Crippen LogP contribution is 2.48. The summed E-state index contributed by atoms with van der Waals surface area (Å²) in [5.41, 5.74) is 0.633. The van der Waals surface area contributed by atoms with E-state index in [9.17, 15) is 14.7 Å². The summed E-state index contributed by atoms with van der Waals surface area (Å²) in [6.07, 6.45) is 0. The summed E-state index contributed by atoms with van der Waals surface area (Å²) in [5.74, 6) is -1.31. The first-order valence-electron chi connectivity index (χ1n) is 9.24. The molecule has 3 aromatic carbocycles. The van der Waals surface area contributed by atoms with Gasteiger partial charge in [-0.05, 0) is 17.7 Å². The number of methoxy groups -OCH3 is 4. The van der Waals surface area contributed by atoms with Crippen LogP contribution >= 0.6 is 0 Å². The van der Waals surface area contributed by atoms with Gasteiger partial charge in [0.25, 0.3) is 0 Å². The van der Waals surface area contributed by atoms with Crippen molar-refractivity contribution >= 4 is 22.7 Å². The van der Waals surface area contributed by atoms with Crippen LogP contribution < -0.4 is 14.2 Å². The molecule has 0 bridgehead atoms. The lowest BCUT2D eigenvalue weighted by atomic mass is 9.96. The minimum absolute atomic E-state index is 0.101. The van der Waals surface area contributed by atoms with Crippen LogP contribution in [0.2, 0.25) is 0 Å². The molecule has 8 heteroatoms. The van der Waals surface area contributed by atoms with Crippen molar-refractivity contribution in [3.05, 3.63) is 59.2 Å². The highest BCUT2D eigenvalue weighted by molar-refractivity contribution is 6.17. The summed E-state index contributed by atoms with van der Waals surface area (Å²) in [4.78, 5) is 24.9. The van der Waals surface area contributed by atoms with Gasteiger partial charge in [-0.25, -0.2) is 9.59 Å². The molecule has 3 aromatic rings. The van der Waals surface area contributed by atoms with E-state index >= 15 is 0 Å². The molecule has 0 fully saturated rings. The topological polar surface area (TPSA) is 101 Å². The monoisotopic (exact) mass is 426 g/mol. The molecule has 0 spiro atoms. The van der Waals surface area contributed by atoms with Gasteiger partial charge in [0.1, 0.15) is 12.4 Å². The molecule has 0 aliphatic heterocycles. The number of phenolic OH excluding ortho intramolecular Hbond substituents is 1. The van der Waals surface area contributed by atoms with Crippen LogP contribution in [0.4, 0.5) is 0 Å². The third kappa shape index (κ3) is 4.05. The maximum Gasteiger partial charge on any atom is 0.339 e. The number of ether oxygens (including phenoxy) is 5. The summed E-state index contributed by atoms with van der Waals surface area (Å²) < 4.78 is 26.6. The van der Waals surface area contributed by atoms with E-state index in [1.165, 1.54) is 34.5 Å². The van der Waals surface area contributed by atoms with Crippen molar-refractivity contribution in [3.63, 3.8) is 0 Å². The van der Waals surface area contributed by atoms with Gasteiger partial charge < -0.3 is 28.8 Å². The molecular formula is C23H22O8. The van der Waals surface area contributed by atoms with Gasteiger partial charge in [0.15, 0.2) is 11.5 Å². The van der Waals surface area contributed by atoms with E-state index in [2.05, 4.69) is 0 Å². The van der Waals surface area contributed by atoms with Gasteiger partial charge in [-0.3, -0.25) is 0 Å². The fourth-order valence-electron chi connectivity index (χ4n) is 3.30. The first kappa shape index (κ1) is 21.8. The van der Waals surface area contributed by atoms with E-state index in [1.807, 2.05) is 30.3 Å². The zero-order valence-corrected chi connectivity index (χ0v) is 17.6. The number of fused-ring (bicyclic) bond motifs is 1. The van der Waals surface area contributed by atoms with Crippen LogP contribution in [-0.2, 0) is 16.1 Å². The summed E-state index contributed by atoms with van der Waals surface area (Å²) in [7, 11) is 5.15. The number of carbonyl (C=O) groups is 2. The second kappa shape index (κ2) is 9.25. The Labute approximate surface area is 178 Å². The summed E-state index contributed by atoms with van der Waals surface area (Å²) in [6.45, 7) is 0.233. The second-order valence-corrected chi connectivity index (χ2v) is 6.44. The minimum atomic E-state index is -0.817. The molecule has 0 atom stereocenters. The van der Waals surface area contributed by atoms with Gasteiger partial charge in [0, 0.05) is 10.8 Å². The maximum atomic E-state index is 12.6. The van der Waals surface area contributed by atoms with Crippen molar-refractivity contribution in [2.24, 2.45) is 0 Å². The van der Waals surface area contributed by atoms with E-state index in [1.54, 1.807) is 0 Å². The lowest BCUT2D eigenvalue weighted by Crippen LogP contribution is -2.13. The maximum absolute atomic E-state index is 12.6. The van der Waals surface area contributed by atoms with Crippen molar-refractivity contribution in [1.29, 1.82) is 0 Å². The Kier molecular flexibility index (Phi) is 6.49. The van der Waals surface area contributed by atoms with E-state index in [-0.39, 0.29) is 51.5 Å². The van der Waals surface area contributed by atoms with E-state index in [0.29, 0.717) is 0 Å². The quantitative estimate of drug-likeness (QED) is 0.571. The van der Waals surface area contributed by atoms with Crippen LogP contribution in [0.1, 0.15) is 26.3 Å². The third-order valence-electron chi connectivity index (χ3n) is 4.72. The van der Waals surface area contributed by atoms with Crippen LogP contribution in [0.25, 0.3) is 10.8 Å². The Morgan fingerprint density at radius 2 is 1.52 bits per heavy atom. The van der Waals surface area contributed by atoms with Crippen molar-refractivity contribution in [3.8, 4) is 23.0 Å². The van der Waals surface area contributed by atoms with Crippen molar-refractivity contribution in [2.75, 3.05) is 28.4 Å². The van der Waals surface area contributed by atoms with Crippen molar-refractivity contribution in [2.45, 2.75) is 6.61 Å². The van der Waals surface area contributed by atoms with E-state index < -0.39 is 11.9 Å². The lowest BCUT2D eigenvalue weighted by molar-refractivity contribution is 0.0556. The molecular weight excluding hydrogens is 404 g/mol. The molecule has 1 N–H and O–H groups in total. The molecule has 0 heterocycles. The number of carbonyl (C=O) groups excluding carboxylic acids is 2. The van der Waals surface area contributed by atoms with Gasteiger partial charge in [-0.15, -0.1) is 0 Å². The molecule has 162 valence electrons. The molecule has 31 heavy (non-hydrogen) atoms. The Morgan fingerprint density at radius 1 is 0.871 bits per heavy atom. The smallest absolute Gasteiger partial charge is 0.339 e. The molecule has 0 aromatic heterocycles. The van der Waals surface area contributed by atoms with Crippen molar-refractivity contribution < 1.29 is 38.4 Å². The summed E-state index contributed by atoms with van der Waals surface area (Å²) in [6, 6.07) is 12.1. The van der Waals surface area contributed by atoms with E-state index in [0.717, 1.165) is 11.6 Å². The third-order valence-corrected chi connectivity index (χ3v) is 4.72. The first-order valence-corrected chi connectivity index (χ1v) is 9.24. The summed E-state index contributed by atoms with van der Waals surface area (Å²) >= 11 is 0. The zero-order chi connectivity index (χ0) is 22.5. The number of rotatable bonds is 7. The SMILES string of the molecule is COC(=O)c1cc(O)c2cc(OCc3ccccc3)c(OC)c(OC)c2c1C(=O)OC. The van der Waals surface area contributed by atoms with Crippen LogP contribution in [0.5, 0.6) is 23.0 Å². The molecule has 0 aliphatic rings. The summed E-state index contributed by atoms with van der Waals surface area (Å²) in [5, 5.41) is 11.0. The van der Waals surface area contributed by atoms with Crippen LogP contribution in [0.15, 0.2) is 42.5 Å². The number of hydrogen-bond donors (Lipinski definition) is 1. The average molecular weight is 426 g/mol. The molecule has 8 nitrogen and oxygen atoms in total. The molecule has 0 aliphatic carbocycles. The van der Waals surface area contributed by atoms with E-state index in [4.69, 9.17) is 23.7 Å². The van der Waals surface area contributed by atoms with Crippen LogP contribution in [-0.4, -0.2) is 45.5 Å². The molecule has 0 saturated carbocycles. The predicted molar refractivity (Wildman–Crippen MR) is 112 cm³/mol. The lowest BCUT2D eigenvalue weighted by Gasteiger charge is -2.19. The largest absolute Gasteiger partial charge is 0.507 e. The second-order valence-electron chi connectivity index (χ2n) is 6.44. The molecule has 0 saturated heterocycles. The Balaban J connectivity index is 2.30. The van der Waals surface area contributed by atoms with Crippen molar-refractivity contribution in [1.82, 2.24) is 0 Å². The molecule has 0 amide bonds. The van der Waals surface area contributed by atoms with Gasteiger partial charge >= 0.3 is 11.9 Å². The van der Waals surface area contributed by atoms with Gasteiger partial charge in [0.05, 0.1) is 39.6 Å². The Hall–Kier alpha value is -3.94. The Morgan fingerprint density at radius 3 is 2.10 bits per heavy atom. The normalized spacial score (nSPS) is 10.5. The number of phenols is 1. The standard InChI is InChI=1S/C23H22O8/c1-27-20-17(31-12-13-8-6-5-7-9-13)11-14-16(24)10-15(22(25)29-3)19(23(26)30-4)18(14)21(20)28-2/h5-11,24H,12H2,1-4H3. The highest BCUT2D eigenvalue weighted by atomic mass is 16.5.